The molecule has 1 aliphatic rings. The summed E-state index contributed by atoms with van der Waals surface area (Å²) in [5, 5.41) is 0. The first-order valence-electron chi connectivity index (χ1n) is 6.42. The molecule has 2 N–H and O–H groups in total. The Morgan fingerprint density at radius 1 is 1.28 bits per heavy atom. The fourth-order valence-corrected chi connectivity index (χ4v) is 2.41. The highest BCUT2D eigenvalue weighted by Crippen LogP contribution is 2.22. The van der Waals surface area contributed by atoms with E-state index in [0.29, 0.717) is 18.3 Å². The van der Waals surface area contributed by atoms with E-state index in [2.05, 4.69) is 9.88 Å². The maximum absolute atomic E-state index is 5.88. The van der Waals surface area contributed by atoms with Gasteiger partial charge in [-0.3, -0.25) is 9.30 Å². The van der Waals surface area contributed by atoms with Crippen LogP contribution in [0, 0.1) is 0 Å². The molecule has 1 saturated heterocycles. The summed E-state index contributed by atoms with van der Waals surface area (Å²) in [6, 6.07) is 5.81. The topological polar surface area (TPSA) is 55.8 Å². The first kappa shape index (κ1) is 11.3. The molecule has 0 saturated carbocycles. The minimum Gasteiger partial charge on any atom is -0.475 e. The number of rotatable bonds is 4. The monoisotopic (exact) mass is 246 g/mol. The van der Waals surface area contributed by atoms with E-state index in [1.54, 1.807) is 0 Å². The van der Waals surface area contributed by atoms with Crippen molar-refractivity contribution in [1.29, 1.82) is 0 Å². The van der Waals surface area contributed by atoms with Gasteiger partial charge in [0, 0.05) is 12.7 Å². The molecule has 0 aliphatic carbocycles. The van der Waals surface area contributed by atoms with E-state index in [9.17, 15) is 0 Å². The number of hydrogen-bond acceptors (Lipinski definition) is 4. The lowest BCUT2D eigenvalue weighted by Gasteiger charge is -2.14. The molecule has 0 radical (unpaired) electrons. The van der Waals surface area contributed by atoms with Crippen molar-refractivity contribution in [2.75, 3.05) is 32.0 Å². The normalized spacial score (nSPS) is 16.4. The van der Waals surface area contributed by atoms with Crippen molar-refractivity contribution in [3.63, 3.8) is 0 Å². The lowest BCUT2D eigenvalue weighted by atomic mass is 10.4. The molecule has 96 valence electrons. The van der Waals surface area contributed by atoms with Gasteiger partial charge < -0.3 is 10.5 Å². The number of anilines is 1. The van der Waals surface area contributed by atoms with Gasteiger partial charge in [-0.2, -0.15) is 0 Å². The molecule has 18 heavy (non-hydrogen) atoms. The van der Waals surface area contributed by atoms with Crippen LogP contribution in [0.3, 0.4) is 0 Å². The van der Waals surface area contributed by atoms with Gasteiger partial charge in [0.1, 0.15) is 12.3 Å². The highest BCUT2D eigenvalue weighted by Gasteiger charge is 2.13. The summed E-state index contributed by atoms with van der Waals surface area (Å²) >= 11 is 0. The van der Waals surface area contributed by atoms with E-state index >= 15 is 0 Å². The Bertz CT molecular complexity index is 531. The molecule has 5 heteroatoms. The molecule has 0 aromatic carbocycles. The number of nitrogens with two attached hydrogens (primary N) is 1. The van der Waals surface area contributed by atoms with E-state index in [0.717, 1.165) is 12.2 Å². The van der Waals surface area contributed by atoms with Crippen molar-refractivity contribution in [1.82, 2.24) is 14.3 Å². The second-order valence-corrected chi connectivity index (χ2v) is 4.63. The number of likely N-dealkylation sites (tertiary alicyclic amines) is 1. The van der Waals surface area contributed by atoms with Gasteiger partial charge in [0.25, 0.3) is 0 Å². The van der Waals surface area contributed by atoms with E-state index < -0.39 is 0 Å². The third-order valence-electron chi connectivity index (χ3n) is 3.36. The number of ether oxygens (including phenoxy) is 1. The molecule has 0 bridgehead atoms. The molecular formula is C13H18N4O. The Morgan fingerprint density at radius 3 is 2.94 bits per heavy atom. The van der Waals surface area contributed by atoms with Gasteiger partial charge in [-0.25, -0.2) is 4.98 Å². The van der Waals surface area contributed by atoms with Gasteiger partial charge in [-0.05, 0) is 38.1 Å². The second kappa shape index (κ2) is 4.86. The Labute approximate surface area is 106 Å². The lowest BCUT2D eigenvalue weighted by molar-refractivity contribution is 0.231. The summed E-state index contributed by atoms with van der Waals surface area (Å²) < 4.78 is 7.67. The Balaban J connectivity index is 1.68. The number of aromatic nitrogens is 2. The smallest absolute Gasteiger partial charge is 0.243 e. The van der Waals surface area contributed by atoms with Gasteiger partial charge in [0.05, 0.1) is 0 Å². The van der Waals surface area contributed by atoms with E-state index in [4.69, 9.17) is 10.5 Å². The van der Waals surface area contributed by atoms with Gasteiger partial charge in [-0.15, -0.1) is 0 Å². The number of fused-ring (bicyclic) bond motifs is 1. The summed E-state index contributed by atoms with van der Waals surface area (Å²) in [5.74, 6) is 1.12. The molecule has 0 spiro atoms. The van der Waals surface area contributed by atoms with E-state index in [1.165, 1.54) is 25.9 Å². The van der Waals surface area contributed by atoms with Crippen LogP contribution in [0.15, 0.2) is 24.4 Å². The maximum Gasteiger partial charge on any atom is 0.243 e. The molecule has 1 fully saturated rings. The van der Waals surface area contributed by atoms with Gasteiger partial charge >= 0.3 is 0 Å². The third kappa shape index (κ3) is 2.13. The Morgan fingerprint density at radius 2 is 2.11 bits per heavy atom. The Hall–Kier alpha value is -1.75. The van der Waals surface area contributed by atoms with Gasteiger partial charge in [-0.1, -0.05) is 6.07 Å². The van der Waals surface area contributed by atoms with Crippen LogP contribution >= 0.6 is 0 Å². The predicted octanol–water partition coefficient (Wildman–Crippen LogP) is 1.39. The molecular weight excluding hydrogens is 228 g/mol. The standard InChI is InChI=1S/C13H18N4O/c14-12-13(17-8-2-1-5-11(17)15-12)18-10-9-16-6-3-4-7-16/h1-2,5,8H,3-4,6-7,9-10,14H2. The van der Waals surface area contributed by atoms with Crippen molar-refractivity contribution in [3.05, 3.63) is 24.4 Å². The van der Waals surface area contributed by atoms with Gasteiger partial charge in [0.2, 0.25) is 5.88 Å². The summed E-state index contributed by atoms with van der Waals surface area (Å²) in [6.45, 7) is 3.99. The number of hydrogen-bond donors (Lipinski definition) is 1. The maximum atomic E-state index is 5.88. The molecule has 2 aromatic rings. The van der Waals surface area contributed by atoms with Crippen LogP contribution in [0.1, 0.15) is 12.8 Å². The van der Waals surface area contributed by atoms with Crippen LogP contribution in [-0.4, -0.2) is 40.5 Å². The zero-order valence-corrected chi connectivity index (χ0v) is 10.4. The molecule has 2 aromatic heterocycles. The summed E-state index contributed by atoms with van der Waals surface area (Å²) in [5.41, 5.74) is 6.70. The van der Waals surface area contributed by atoms with Crippen molar-refractivity contribution < 1.29 is 4.74 Å². The largest absolute Gasteiger partial charge is 0.475 e. The molecule has 0 atom stereocenters. The van der Waals surface area contributed by atoms with Crippen molar-refractivity contribution in [3.8, 4) is 5.88 Å². The quantitative estimate of drug-likeness (QED) is 0.885. The number of nitrogens with zero attached hydrogens (tertiary/aromatic N) is 3. The lowest BCUT2D eigenvalue weighted by Crippen LogP contribution is -2.25. The van der Waals surface area contributed by atoms with Crippen LogP contribution in [0.4, 0.5) is 5.82 Å². The first-order valence-corrected chi connectivity index (χ1v) is 6.42. The summed E-state index contributed by atoms with van der Waals surface area (Å²) in [4.78, 5) is 6.68. The fourth-order valence-electron chi connectivity index (χ4n) is 2.41. The van der Waals surface area contributed by atoms with E-state index in [1.807, 2.05) is 28.8 Å². The van der Waals surface area contributed by atoms with Crippen LogP contribution in [0.25, 0.3) is 5.65 Å². The van der Waals surface area contributed by atoms with Crippen molar-refractivity contribution >= 4 is 11.5 Å². The van der Waals surface area contributed by atoms with Crippen molar-refractivity contribution in [2.45, 2.75) is 12.8 Å². The fraction of sp³-hybridized carbons (Fsp3) is 0.462. The highest BCUT2D eigenvalue weighted by atomic mass is 16.5. The molecule has 0 amide bonds. The SMILES string of the molecule is Nc1nc2ccccn2c1OCCN1CCCC1. The zero-order valence-electron chi connectivity index (χ0n) is 10.4. The predicted molar refractivity (Wildman–Crippen MR) is 70.8 cm³/mol. The molecule has 1 aliphatic heterocycles. The van der Waals surface area contributed by atoms with E-state index in [-0.39, 0.29) is 0 Å². The summed E-state index contributed by atoms with van der Waals surface area (Å²) in [6.07, 6.45) is 4.53. The third-order valence-corrected chi connectivity index (χ3v) is 3.36. The Kier molecular flexibility index (Phi) is 3.06. The molecule has 3 heterocycles. The molecule has 0 unspecified atom stereocenters. The molecule has 5 nitrogen and oxygen atoms in total. The average molecular weight is 246 g/mol. The van der Waals surface area contributed by atoms with Crippen LogP contribution in [-0.2, 0) is 0 Å². The molecule has 3 rings (SSSR count). The zero-order chi connectivity index (χ0) is 12.4. The van der Waals surface area contributed by atoms with Crippen molar-refractivity contribution in [2.24, 2.45) is 0 Å². The first-order chi connectivity index (χ1) is 8.84. The second-order valence-electron chi connectivity index (χ2n) is 4.63. The van der Waals surface area contributed by atoms with Crippen LogP contribution in [0.2, 0.25) is 0 Å². The number of imidazole rings is 1. The minimum atomic E-state index is 0.461. The minimum absolute atomic E-state index is 0.461. The number of nitrogen functional groups attached to an aromatic ring is 1. The van der Waals surface area contributed by atoms with Crippen LogP contribution in [0.5, 0.6) is 5.88 Å². The van der Waals surface area contributed by atoms with Crippen LogP contribution < -0.4 is 10.5 Å². The average Bonchev–Trinajstić information content (AvgIpc) is 2.98. The summed E-state index contributed by atoms with van der Waals surface area (Å²) in [7, 11) is 0. The highest BCUT2D eigenvalue weighted by molar-refractivity contribution is 5.55. The van der Waals surface area contributed by atoms with Gasteiger partial charge in [0.15, 0.2) is 5.82 Å². The number of pyridine rings is 1.